The summed E-state index contributed by atoms with van der Waals surface area (Å²) in [4.78, 5) is 16.4. The molecule has 1 atom stereocenters. The fourth-order valence-electron chi connectivity index (χ4n) is 3.24. The Morgan fingerprint density at radius 2 is 1.92 bits per heavy atom. The Hall–Kier alpha value is -1.31. The molecule has 0 aliphatic carbocycles. The first-order valence-corrected chi connectivity index (χ1v) is 10.3. The van der Waals surface area contributed by atoms with Crippen molar-refractivity contribution in [3.8, 4) is 0 Å². The third-order valence-electron chi connectivity index (χ3n) is 4.53. The number of anilines is 1. The summed E-state index contributed by atoms with van der Waals surface area (Å²) < 4.78 is 22.9. The van der Waals surface area contributed by atoms with Crippen LogP contribution in [-0.2, 0) is 14.6 Å². The summed E-state index contributed by atoms with van der Waals surface area (Å²) in [5, 5.41) is 3.58. The number of para-hydroxylation sites is 1. The summed E-state index contributed by atoms with van der Waals surface area (Å²) in [7, 11) is -2.96. The molecule has 24 heavy (non-hydrogen) atoms. The molecule has 6 nitrogen and oxygen atoms in total. The quantitative estimate of drug-likeness (QED) is 0.846. The average molecular weight is 372 g/mol. The van der Waals surface area contributed by atoms with Gasteiger partial charge in [-0.1, -0.05) is 23.7 Å². The molecule has 8 heteroatoms. The lowest BCUT2D eigenvalue weighted by Crippen LogP contribution is -2.50. The molecule has 0 unspecified atom stereocenters. The zero-order valence-electron chi connectivity index (χ0n) is 13.4. The molecule has 0 radical (unpaired) electrons. The van der Waals surface area contributed by atoms with Crippen molar-refractivity contribution in [2.45, 2.75) is 12.5 Å². The number of carbonyl (C=O) groups is 1. The van der Waals surface area contributed by atoms with Crippen molar-refractivity contribution in [2.75, 3.05) is 49.1 Å². The van der Waals surface area contributed by atoms with Crippen molar-refractivity contribution in [2.24, 2.45) is 0 Å². The number of nitrogens with zero attached hydrogens (tertiary/aromatic N) is 2. The molecule has 0 spiro atoms. The van der Waals surface area contributed by atoms with Crippen LogP contribution in [0.3, 0.4) is 0 Å². The highest BCUT2D eigenvalue weighted by molar-refractivity contribution is 7.91. The van der Waals surface area contributed by atoms with Crippen molar-refractivity contribution in [1.29, 1.82) is 0 Å². The number of amides is 1. The van der Waals surface area contributed by atoms with Crippen LogP contribution in [0.2, 0.25) is 5.02 Å². The lowest BCUT2D eigenvalue weighted by molar-refractivity contribution is -0.122. The second kappa shape index (κ2) is 7.29. The minimum Gasteiger partial charge on any atom is -0.368 e. The fraction of sp³-hybridized carbons (Fsp3) is 0.562. The Labute approximate surface area is 147 Å². The van der Waals surface area contributed by atoms with Gasteiger partial charge in [0, 0.05) is 32.2 Å². The molecule has 3 rings (SSSR count). The van der Waals surface area contributed by atoms with Gasteiger partial charge in [0.15, 0.2) is 9.84 Å². The standard InChI is InChI=1S/C16H22ClN3O3S/c17-14-3-1-2-4-15(14)20-8-6-19(7-9-20)11-16(21)18-13-5-10-24(22,23)12-13/h1-4,13H,5-12H2,(H,18,21)/t13-/m0/s1. The van der Waals surface area contributed by atoms with Gasteiger partial charge in [-0.25, -0.2) is 8.42 Å². The van der Waals surface area contributed by atoms with Gasteiger partial charge in [-0.3, -0.25) is 9.69 Å². The van der Waals surface area contributed by atoms with Gasteiger partial charge in [-0.05, 0) is 18.6 Å². The van der Waals surface area contributed by atoms with Gasteiger partial charge in [0.1, 0.15) is 0 Å². The van der Waals surface area contributed by atoms with Crippen molar-refractivity contribution in [1.82, 2.24) is 10.2 Å². The van der Waals surface area contributed by atoms with Gasteiger partial charge in [-0.15, -0.1) is 0 Å². The van der Waals surface area contributed by atoms with Crippen LogP contribution >= 0.6 is 11.6 Å². The SMILES string of the molecule is O=C(CN1CCN(c2ccccc2Cl)CC1)N[C@H]1CCS(=O)(=O)C1. The molecular weight excluding hydrogens is 350 g/mol. The van der Waals surface area contributed by atoms with E-state index < -0.39 is 9.84 Å². The summed E-state index contributed by atoms with van der Waals surface area (Å²) in [6.45, 7) is 3.50. The Morgan fingerprint density at radius 1 is 1.21 bits per heavy atom. The molecule has 2 aliphatic rings. The maximum Gasteiger partial charge on any atom is 0.234 e. The summed E-state index contributed by atoms with van der Waals surface area (Å²) >= 11 is 6.23. The zero-order valence-corrected chi connectivity index (χ0v) is 15.0. The third kappa shape index (κ3) is 4.40. The second-order valence-electron chi connectivity index (χ2n) is 6.38. The summed E-state index contributed by atoms with van der Waals surface area (Å²) in [6.07, 6.45) is 0.522. The van der Waals surface area contributed by atoms with E-state index in [2.05, 4.69) is 15.1 Å². The number of halogens is 1. The highest BCUT2D eigenvalue weighted by Crippen LogP contribution is 2.25. The maximum atomic E-state index is 12.1. The number of hydrogen-bond acceptors (Lipinski definition) is 5. The average Bonchev–Trinajstić information content (AvgIpc) is 2.87. The van der Waals surface area contributed by atoms with Crippen LogP contribution in [0.25, 0.3) is 0 Å². The smallest absolute Gasteiger partial charge is 0.234 e. The molecule has 132 valence electrons. The molecule has 0 bridgehead atoms. The molecule has 2 saturated heterocycles. The molecule has 2 fully saturated rings. The van der Waals surface area contributed by atoms with Crippen molar-refractivity contribution in [3.63, 3.8) is 0 Å². The number of benzene rings is 1. The number of carbonyl (C=O) groups excluding carboxylic acids is 1. The lowest BCUT2D eigenvalue weighted by Gasteiger charge is -2.36. The monoisotopic (exact) mass is 371 g/mol. The first kappa shape index (κ1) is 17.5. The van der Waals surface area contributed by atoms with Crippen LogP contribution in [0, 0.1) is 0 Å². The number of nitrogens with one attached hydrogen (secondary N) is 1. The van der Waals surface area contributed by atoms with Crippen molar-refractivity contribution in [3.05, 3.63) is 29.3 Å². The van der Waals surface area contributed by atoms with Gasteiger partial charge in [0.2, 0.25) is 5.91 Å². The van der Waals surface area contributed by atoms with E-state index in [0.717, 1.165) is 36.9 Å². The second-order valence-corrected chi connectivity index (χ2v) is 9.02. The van der Waals surface area contributed by atoms with Crippen LogP contribution in [-0.4, -0.2) is 69.5 Å². The Kier molecular flexibility index (Phi) is 5.32. The van der Waals surface area contributed by atoms with E-state index in [1.165, 1.54) is 0 Å². The molecular formula is C16H22ClN3O3S. The number of piperazine rings is 1. The van der Waals surface area contributed by atoms with Crippen molar-refractivity contribution < 1.29 is 13.2 Å². The van der Waals surface area contributed by atoms with Gasteiger partial charge < -0.3 is 10.2 Å². The molecule has 1 N–H and O–H groups in total. The van der Waals surface area contributed by atoms with Crippen LogP contribution in [0.1, 0.15) is 6.42 Å². The summed E-state index contributed by atoms with van der Waals surface area (Å²) in [6, 6.07) is 7.54. The van der Waals surface area contributed by atoms with E-state index in [4.69, 9.17) is 11.6 Å². The van der Waals surface area contributed by atoms with Gasteiger partial charge in [0.05, 0.1) is 28.8 Å². The van der Waals surface area contributed by atoms with Gasteiger partial charge >= 0.3 is 0 Å². The van der Waals surface area contributed by atoms with Gasteiger partial charge in [-0.2, -0.15) is 0 Å². The number of sulfone groups is 1. The lowest BCUT2D eigenvalue weighted by atomic mass is 10.2. The number of hydrogen-bond donors (Lipinski definition) is 1. The molecule has 1 amide bonds. The topological polar surface area (TPSA) is 69.7 Å². The Balaban J connectivity index is 1.45. The predicted octanol–water partition coefficient (Wildman–Crippen LogP) is 0.765. The van der Waals surface area contributed by atoms with E-state index in [1.54, 1.807) is 0 Å². The van der Waals surface area contributed by atoms with E-state index >= 15 is 0 Å². The summed E-state index contributed by atoms with van der Waals surface area (Å²) in [5.41, 5.74) is 1.03. The summed E-state index contributed by atoms with van der Waals surface area (Å²) in [5.74, 6) is 0.149. The normalized spacial score (nSPS) is 24.0. The predicted molar refractivity (Wildman–Crippen MR) is 95.3 cm³/mol. The van der Waals surface area contributed by atoms with Crippen LogP contribution in [0.5, 0.6) is 0 Å². The van der Waals surface area contributed by atoms with E-state index in [0.29, 0.717) is 13.0 Å². The van der Waals surface area contributed by atoms with E-state index in [1.807, 2.05) is 24.3 Å². The highest BCUT2D eigenvalue weighted by Gasteiger charge is 2.29. The first-order valence-electron chi connectivity index (χ1n) is 8.14. The number of rotatable bonds is 4. The largest absolute Gasteiger partial charge is 0.368 e. The Bertz CT molecular complexity index is 702. The Morgan fingerprint density at radius 3 is 2.54 bits per heavy atom. The zero-order chi connectivity index (χ0) is 17.2. The fourth-order valence-corrected chi connectivity index (χ4v) is 5.17. The van der Waals surface area contributed by atoms with E-state index in [-0.39, 0.29) is 23.5 Å². The molecule has 1 aromatic rings. The van der Waals surface area contributed by atoms with Crippen LogP contribution < -0.4 is 10.2 Å². The van der Waals surface area contributed by atoms with E-state index in [9.17, 15) is 13.2 Å². The van der Waals surface area contributed by atoms with Crippen LogP contribution in [0.4, 0.5) is 5.69 Å². The van der Waals surface area contributed by atoms with Crippen LogP contribution in [0.15, 0.2) is 24.3 Å². The molecule has 1 aromatic carbocycles. The molecule has 0 aromatic heterocycles. The highest BCUT2D eigenvalue weighted by atomic mass is 35.5. The minimum absolute atomic E-state index is 0.0685. The first-order chi connectivity index (χ1) is 11.4. The molecule has 0 saturated carbocycles. The third-order valence-corrected chi connectivity index (χ3v) is 6.62. The minimum atomic E-state index is -2.96. The van der Waals surface area contributed by atoms with Crippen molar-refractivity contribution >= 4 is 33.0 Å². The molecule has 2 aliphatic heterocycles. The molecule has 2 heterocycles. The van der Waals surface area contributed by atoms with Gasteiger partial charge in [0.25, 0.3) is 0 Å². The maximum absolute atomic E-state index is 12.1.